The van der Waals surface area contributed by atoms with Crippen molar-refractivity contribution in [3.63, 3.8) is 0 Å². The Hall–Kier alpha value is -2.13. The van der Waals surface area contributed by atoms with Crippen LogP contribution in [0.5, 0.6) is 5.75 Å². The molecule has 9 heteroatoms. The summed E-state index contributed by atoms with van der Waals surface area (Å²) in [6.45, 7) is 5.01. The van der Waals surface area contributed by atoms with Gasteiger partial charge in [-0.05, 0) is 13.0 Å². The summed E-state index contributed by atoms with van der Waals surface area (Å²) in [6, 6.07) is 1.75. The number of likely N-dealkylation sites (tertiary alicyclic amines) is 1. The Labute approximate surface area is 159 Å². The molecule has 2 aliphatic heterocycles. The third-order valence-electron chi connectivity index (χ3n) is 5.01. The number of nitrogens with zero attached hydrogens (tertiary/aromatic N) is 3. The van der Waals surface area contributed by atoms with E-state index in [0.717, 1.165) is 16.9 Å². The lowest BCUT2D eigenvalue weighted by Crippen LogP contribution is -2.37. The molecule has 0 aromatic carbocycles. The normalized spacial score (nSPS) is 24.4. The number of anilines is 1. The smallest absolute Gasteiger partial charge is 0.280 e. The van der Waals surface area contributed by atoms with Crippen LogP contribution in [-0.4, -0.2) is 39.0 Å². The highest BCUT2D eigenvalue weighted by atomic mass is 32.1. The van der Waals surface area contributed by atoms with E-state index in [1.165, 1.54) is 30.5 Å². The molecule has 0 unspecified atom stereocenters. The van der Waals surface area contributed by atoms with Gasteiger partial charge < -0.3 is 10.1 Å². The van der Waals surface area contributed by atoms with Crippen LogP contribution in [0.25, 0.3) is 0 Å². The minimum Gasteiger partial charge on any atom is -0.484 e. The molecule has 0 bridgehead atoms. The van der Waals surface area contributed by atoms with E-state index in [1.807, 2.05) is 0 Å². The highest BCUT2D eigenvalue weighted by Crippen LogP contribution is 2.43. The van der Waals surface area contributed by atoms with Gasteiger partial charge in [0.05, 0.1) is 6.20 Å². The lowest BCUT2D eigenvalue weighted by molar-refractivity contribution is -0.114. The number of thiazole rings is 1. The molecule has 2 aromatic heterocycles. The van der Waals surface area contributed by atoms with Gasteiger partial charge in [0.1, 0.15) is 17.0 Å². The Balaban J connectivity index is 1.45. The average Bonchev–Trinajstić information content (AvgIpc) is 3.24. The number of fused-ring (bicyclic) bond motifs is 1. The van der Waals surface area contributed by atoms with Gasteiger partial charge in [-0.1, -0.05) is 0 Å². The second-order valence-corrected chi connectivity index (χ2v) is 8.37. The summed E-state index contributed by atoms with van der Waals surface area (Å²) in [6.07, 6.45) is 2.06. The Morgan fingerprint density at radius 3 is 3.04 bits per heavy atom. The first-order valence-corrected chi connectivity index (χ1v) is 9.57. The van der Waals surface area contributed by atoms with Gasteiger partial charge >= 0.3 is 0 Å². The van der Waals surface area contributed by atoms with Crippen LogP contribution in [0.2, 0.25) is 0 Å². The molecule has 0 radical (unpaired) electrons. The SMILES string of the molecule is CC(=O)Nc1ncc(CN2C[C@@]3(Cc4cc(C(F)F)ncc4O3)C[C@@H]2C)s1. The van der Waals surface area contributed by atoms with E-state index < -0.39 is 12.0 Å². The first-order chi connectivity index (χ1) is 12.8. The number of hydrogen-bond donors (Lipinski definition) is 1. The summed E-state index contributed by atoms with van der Waals surface area (Å²) >= 11 is 1.45. The zero-order valence-electron chi connectivity index (χ0n) is 15.0. The minimum absolute atomic E-state index is 0.140. The number of carbonyl (C=O) groups excluding carboxylic acids is 1. The van der Waals surface area contributed by atoms with Crippen molar-refractivity contribution in [3.05, 3.63) is 34.6 Å². The van der Waals surface area contributed by atoms with Crippen molar-refractivity contribution in [2.24, 2.45) is 0 Å². The number of aromatic nitrogens is 2. The lowest BCUT2D eigenvalue weighted by atomic mass is 9.94. The van der Waals surface area contributed by atoms with Gasteiger partial charge in [0, 0.05) is 55.5 Å². The zero-order valence-corrected chi connectivity index (χ0v) is 15.9. The summed E-state index contributed by atoms with van der Waals surface area (Å²) < 4.78 is 32.0. The van der Waals surface area contributed by atoms with Gasteiger partial charge in [-0.2, -0.15) is 0 Å². The number of pyridine rings is 1. The van der Waals surface area contributed by atoms with Crippen LogP contribution < -0.4 is 10.1 Å². The molecule has 1 N–H and O–H groups in total. The summed E-state index contributed by atoms with van der Waals surface area (Å²) in [5.74, 6) is 0.470. The highest BCUT2D eigenvalue weighted by molar-refractivity contribution is 7.15. The second-order valence-electron chi connectivity index (χ2n) is 7.25. The largest absolute Gasteiger partial charge is 0.484 e. The third-order valence-corrected chi connectivity index (χ3v) is 5.91. The predicted molar refractivity (Wildman–Crippen MR) is 97.2 cm³/mol. The van der Waals surface area contributed by atoms with Crippen LogP contribution in [0.15, 0.2) is 18.5 Å². The quantitative estimate of drug-likeness (QED) is 0.861. The van der Waals surface area contributed by atoms with E-state index >= 15 is 0 Å². The van der Waals surface area contributed by atoms with Crippen molar-refractivity contribution in [1.82, 2.24) is 14.9 Å². The number of nitrogens with one attached hydrogen (secondary N) is 1. The first-order valence-electron chi connectivity index (χ1n) is 8.76. The van der Waals surface area contributed by atoms with Gasteiger partial charge in [0.2, 0.25) is 5.91 Å². The molecule has 4 heterocycles. The molecule has 6 nitrogen and oxygen atoms in total. The molecular formula is C18H20F2N4O2S. The molecule has 2 aliphatic rings. The van der Waals surface area contributed by atoms with Crippen molar-refractivity contribution in [3.8, 4) is 5.75 Å². The van der Waals surface area contributed by atoms with E-state index in [2.05, 4.69) is 27.1 Å². The van der Waals surface area contributed by atoms with Crippen molar-refractivity contribution in [2.75, 3.05) is 11.9 Å². The van der Waals surface area contributed by atoms with Crippen LogP contribution in [0.3, 0.4) is 0 Å². The molecule has 1 spiro atoms. The maximum atomic E-state index is 12.9. The molecule has 2 aromatic rings. The Kier molecular flexibility index (Phi) is 4.59. The number of carbonyl (C=O) groups is 1. The van der Waals surface area contributed by atoms with Crippen molar-refractivity contribution >= 4 is 22.4 Å². The fourth-order valence-corrected chi connectivity index (χ4v) is 4.81. The van der Waals surface area contributed by atoms with Crippen molar-refractivity contribution in [2.45, 2.75) is 51.3 Å². The third kappa shape index (κ3) is 3.66. The Morgan fingerprint density at radius 1 is 1.48 bits per heavy atom. The van der Waals surface area contributed by atoms with Gasteiger partial charge in [-0.3, -0.25) is 14.7 Å². The molecule has 1 fully saturated rings. The summed E-state index contributed by atoms with van der Waals surface area (Å²) in [5.41, 5.74) is 0.211. The fourth-order valence-electron chi connectivity index (χ4n) is 3.93. The van der Waals surface area contributed by atoms with Gasteiger partial charge in [-0.15, -0.1) is 11.3 Å². The van der Waals surface area contributed by atoms with E-state index in [9.17, 15) is 13.6 Å². The Bertz CT molecular complexity index is 875. The number of ether oxygens (including phenoxy) is 1. The Morgan fingerprint density at radius 2 is 2.30 bits per heavy atom. The number of rotatable bonds is 4. The highest BCUT2D eigenvalue weighted by Gasteiger charge is 2.48. The van der Waals surface area contributed by atoms with Crippen LogP contribution in [-0.2, 0) is 17.8 Å². The number of amides is 1. The van der Waals surface area contributed by atoms with E-state index in [0.29, 0.717) is 30.4 Å². The summed E-state index contributed by atoms with van der Waals surface area (Å²) in [5, 5.41) is 3.29. The maximum absolute atomic E-state index is 12.9. The molecule has 0 aliphatic carbocycles. The lowest BCUT2D eigenvalue weighted by Gasteiger charge is -2.23. The van der Waals surface area contributed by atoms with Crippen LogP contribution >= 0.6 is 11.3 Å². The van der Waals surface area contributed by atoms with Crippen molar-refractivity contribution < 1.29 is 18.3 Å². The topological polar surface area (TPSA) is 67.4 Å². The van der Waals surface area contributed by atoms with Crippen LogP contribution in [0.4, 0.5) is 13.9 Å². The predicted octanol–water partition coefficient (Wildman–Crippen LogP) is 3.40. The minimum atomic E-state index is -2.57. The van der Waals surface area contributed by atoms with E-state index in [1.54, 1.807) is 6.20 Å². The van der Waals surface area contributed by atoms with Crippen molar-refractivity contribution in [1.29, 1.82) is 0 Å². The molecule has 1 saturated heterocycles. The number of alkyl halides is 2. The molecular weight excluding hydrogens is 374 g/mol. The molecule has 27 heavy (non-hydrogen) atoms. The number of halogens is 2. The second kappa shape index (κ2) is 6.79. The zero-order chi connectivity index (χ0) is 19.2. The van der Waals surface area contributed by atoms with Crippen LogP contribution in [0.1, 0.15) is 42.8 Å². The summed E-state index contributed by atoms with van der Waals surface area (Å²) in [7, 11) is 0. The van der Waals surface area contributed by atoms with E-state index in [4.69, 9.17) is 4.74 Å². The summed E-state index contributed by atoms with van der Waals surface area (Å²) in [4.78, 5) is 22.5. The first kappa shape index (κ1) is 18.2. The molecule has 1 amide bonds. The fraction of sp³-hybridized carbons (Fsp3) is 0.500. The number of hydrogen-bond acceptors (Lipinski definition) is 6. The van der Waals surface area contributed by atoms with Gasteiger partial charge in [0.25, 0.3) is 6.43 Å². The molecule has 4 rings (SSSR count). The average molecular weight is 394 g/mol. The standard InChI is InChI=1S/C18H20F2N4O2S/c1-10-4-18(5-12-3-14(16(19)20)21-7-15(12)26-18)9-24(10)8-13-6-22-17(27-13)23-11(2)25/h3,6-7,10,16H,4-5,8-9H2,1-2H3,(H,22,23,25)/t10-,18-/m0/s1. The molecule has 0 saturated carbocycles. The van der Waals surface area contributed by atoms with E-state index in [-0.39, 0.29) is 17.6 Å². The van der Waals surface area contributed by atoms with Crippen LogP contribution in [0, 0.1) is 0 Å². The monoisotopic (exact) mass is 394 g/mol. The molecule has 144 valence electrons. The van der Waals surface area contributed by atoms with Gasteiger partial charge in [-0.25, -0.2) is 13.8 Å². The maximum Gasteiger partial charge on any atom is 0.280 e. The van der Waals surface area contributed by atoms with Gasteiger partial charge in [0.15, 0.2) is 5.13 Å². The molecule has 2 atom stereocenters.